The maximum Gasteiger partial charge on any atom is 0.272 e. The van der Waals surface area contributed by atoms with Crippen LogP contribution in [0.1, 0.15) is 51.0 Å². The van der Waals surface area contributed by atoms with Gasteiger partial charge in [0, 0.05) is 19.3 Å². The Bertz CT molecular complexity index is 362. The minimum absolute atomic E-state index is 0.0573. The highest BCUT2D eigenvalue weighted by molar-refractivity contribution is 5.92. The normalized spacial score (nSPS) is 11.1. The monoisotopic (exact) mass is 262 g/mol. The Morgan fingerprint density at radius 1 is 1.11 bits per heavy atom. The number of carbonyl (C=O) groups excluding carboxylic acids is 1. The number of hydrogen-bond acceptors (Lipinski definition) is 2. The smallest absolute Gasteiger partial charge is 0.272 e. The second kappa shape index (κ2) is 7.93. The van der Waals surface area contributed by atoms with Crippen molar-refractivity contribution >= 4 is 5.91 Å². The van der Waals surface area contributed by atoms with Gasteiger partial charge < -0.3 is 4.90 Å². The van der Waals surface area contributed by atoms with Crippen LogP contribution in [0, 0.1) is 11.8 Å². The molecule has 1 aromatic heterocycles. The molecule has 106 valence electrons. The molecule has 0 radical (unpaired) electrons. The Hall–Kier alpha value is -1.38. The molecule has 0 bridgehead atoms. The summed E-state index contributed by atoms with van der Waals surface area (Å²) < 4.78 is 0. The highest BCUT2D eigenvalue weighted by Crippen LogP contribution is 2.10. The van der Waals surface area contributed by atoms with Crippen molar-refractivity contribution in [2.45, 2.75) is 40.5 Å². The summed E-state index contributed by atoms with van der Waals surface area (Å²) in [5.74, 6) is 1.28. The SMILES string of the molecule is CC(C)CCN(CCC(C)C)C(=O)c1ccccn1. The Balaban J connectivity index is 2.68. The number of amides is 1. The lowest BCUT2D eigenvalue weighted by atomic mass is 10.1. The lowest BCUT2D eigenvalue weighted by molar-refractivity contribution is 0.0735. The van der Waals surface area contributed by atoms with Gasteiger partial charge >= 0.3 is 0 Å². The molecule has 0 unspecified atom stereocenters. The van der Waals surface area contributed by atoms with Crippen molar-refractivity contribution in [1.29, 1.82) is 0 Å². The van der Waals surface area contributed by atoms with Gasteiger partial charge in [-0.15, -0.1) is 0 Å². The van der Waals surface area contributed by atoms with E-state index in [9.17, 15) is 4.79 Å². The molecule has 1 aromatic rings. The zero-order valence-electron chi connectivity index (χ0n) is 12.6. The molecule has 0 aliphatic carbocycles. The molecule has 0 aliphatic rings. The molecule has 1 rings (SSSR count). The van der Waals surface area contributed by atoms with E-state index < -0.39 is 0 Å². The lowest BCUT2D eigenvalue weighted by Gasteiger charge is -2.24. The lowest BCUT2D eigenvalue weighted by Crippen LogP contribution is -2.34. The van der Waals surface area contributed by atoms with Crippen molar-refractivity contribution in [3.8, 4) is 0 Å². The molecule has 0 N–H and O–H groups in total. The minimum atomic E-state index is 0.0573. The van der Waals surface area contributed by atoms with Crippen LogP contribution in [0.25, 0.3) is 0 Å². The third-order valence-electron chi connectivity index (χ3n) is 3.12. The molecule has 0 aliphatic heterocycles. The van der Waals surface area contributed by atoms with Crippen molar-refractivity contribution in [1.82, 2.24) is 9.88 Å². The molecule has 19 heavy (non-hydrogen) atoms. The quantitative estimate of drug-likeness (QED) is 0.752. The van der Waals surface area contributed by atoms with Gasteiger partial charge in [-0.25, -0.2) is 0 Å². The second-order valence-electron chi connectivity index (χ2n) is 5.87. The number of aromatic nitrogens is 1. The second-order valence-corrected chi connectivity index (χ2v) is 5.87. The van der Waals surface area contributed by atoms with E-state index in [-0.39, 0.29) is 5.91 Å². The Morgan fingerprint density at radius 2 is 1.68 bits per heavy atom. The molecule has 0 aromatic carbocycles. The largest absolute Gasteiger partial charge is 0.337 e. The van der Waals surface area contributed by atoms with E-state index >= 15 is 0 Å². The number of pyridine rings is 1. The molecular weight excluding hydrogens is 236 g/mol. The third kappa shape index (κ3) is 5.86. The molecule has 3 nitrogen and oxygen atoms in total. The van der Waals surface area contributed by atoms with Gasteiger partial charge in [0.15, 0.2) is 0 Å². The van der Waals surface area contributed by atoms with Crippen molar-refractivity contribution in [2.24, 2.45) is 11.8 Å². The van der Waals surface area contributed by atoms with Crippen LogP contribution in [-0.4, -0.2) is 28.9 Å². The Labute approximate surface area is 117 Å². The number of nitrogens with zero attached hydrogens (tertiary/aromatic N) is 2. The van der Waals surface area contributed by atoms with Gasteiger partial charge in [-0.05, 0) is 36.8 Å². The van der Waals surface area contributed by atoms with Gasteiger partial charge in [0.05, 0.1) is 0 Å². The number of rotatable bonds is 7. The fourth-order valence-corrected chi connectivity index (χ4v) is 1.79. The molecule has 0 saturated heterocycles. The summed E-state index contributed by atoms with van der Waals surface area (Å²) >= 11 is 0. The first-order chi connectivity index (χ1) is 9.00. The van der Waals surface area contributed by atoms with Crippen LogP contribution in [0.3, 0.4) is 0 Å². The summed E-state index contributed by atoms with van der Waals surface area (Å²) in [6.07, 6.45) is 3.75. The van der Waals surface area contributed by atoms with Gasteiger partial charge in [-0.2, -0.15) is 0 Å². The molecule has 0 saturated carbocycles. The van der Waals surface area contributed by atoms with Gasteiger partial charge in [0.1, 0.15) is 5.69 Å². The van der Waals surface area contributed by atoms with Crippen molar-refractivity contribution in [3.05, 3.63) is 30.1 Å². The van der Waals surface area contributed by atoms with Crippen LogP contribution >= 0.6 is 0 Å². The highest BCUT2D eigenvalue weighted by Gasteiger charge is 2.17. The number of hydrogen-bond donors (Lipinski definition) is 0. The maximum atomic E-state index is 12.4. The summed E-state index contributed by atoms with van der Waals surface area (Å²) in [5.41, 5.74) is 0.551. The van der Waals surface area contributed by atoms with Gasteiger partial charge in [0.25, 0.3) is 5.91 Å². The van der Waals surface area contributed by atoms with E-state index in [1.165, 1.54) is 0 Å². The van der Waals surface area contributed by atoms with E-state index in [0.717, 1.165) is 25.9 Å². The molecule has 0 spiro atoms. The first-order valence-electron chi connectivity index (χ1n) is 7.21. The Kier molecular flexibility index (Phi) is 6.54. The summed E-state index contributed by atoms with van der Waals surface area (Å²) in [6.45, 7) is 10.4. The van der Waals surface area contributed by atoms with Crippen LogP contribution in [0.5, 0.6) is 0 Å². The molecule has 3 heteroatoms. The van der Waals surface area contributed by atoms with Crippen molar-refractivity contribution in [3.63, 3.8) is 0 Å². The van der Waals surface area contributed by atoms with E-state index in [0.29, 0.717) is 17.5 Å². The van der Waals surface area contributed by atoms with E-state index in [1.807, 2.05) is 17.0 Å². The minimum Gasteiger partial charge on any atom is -0.337 e. The van der Waals surface area contributed by atoms with Gasteiger partial charge in [-0.3, -0.25) is 9.78 Å². The van der Waals surface area contributed by atoms with Crippen LogP contribution in [0.2, 0.25) is 0 Å². The standard InChI is InChI=1S/C16H26N2O/c1-13(2)8-11-18(12-9-14(3)4)16(19)15-7-5-6-10-17-15/h5-7,10,13-14H,8-9,11-12H2,1-4H3. The van der Waals surface area contributed by atoms with E-state index in [1.54, 1.807) is 12.3 Å². The summed E-state index contributed by atoms with van der Waals surface area (Å²) in [5, 5.41) is 0. The molecule has 0 atom stereocenters. The summed E-state index contributed by atoms with van der Waals surface area (Å²) in [7, 11) is 0. The van der Waals surface area contributed by atoms with Crippen LogP contribution in [0.4, 0.5) is 0 Å². The van der Waals surface area contributed by atoms with Gasteiger partial charge in [-0.1, -0.05) is 33.8 Å². The van der Waals surface area contributed by atoms with Crippen LogP contribution in [-0.2, 0) is 0 Å². The first kappa shape index (κ1) is 15.7. The molecule has 1 amide bonds. The fraction of sp³-hybridized carbons (Fsp3) is 0.625. The molecule has 0 fully saturated rings. The fourth-order valence-electron chi connectivity index (χ4n) is 1.79. The average molecular weight is 262 g/mol. The predicted octanol–water partition coefficient (Wildman–Crippen LogP) is 3.62. The zero-order chi connectivity index (χ0) is 14.3. The highest BCUT2D eigenvalue weighted by atomic mass is 16.2. The third-order valence-corrected chi connectivity index (χ3v) is 3.12. The van der Waals surface area contributed by atoms with Crippen molar-refractivity contribution in [2.75, 3.05) is 13.1 Å². The van der Waals surface area contributed by atoms with Crippen LogP contribution in [0.15, 0.2) is 24.4 Å². The Morgan fingerprint density at radius 3 is 2.11 bits per heavy atom. The molecular formula is C16H26N2O. The maximum absolute atomic E-state index is 12.4. The zero-order valence-corrected chi connectivity index (χ0v) is 12.6. The average Bonchev–Trinajstić information content (AvgIpc) is 2.38. The predicted molar refractivity (Wildman–Crippen MR) is 79.1 cm³/mol. The van der Waals surface area contributed by atoms with Crippen molar-refractivity contribution < 1.29 is 4.79 Å². The van der Waals surface area contributed by atoms with Gasteiger partial charge in [0.2, 0.25) is 0 Å². The van der Waals surface area contributed by atoms with Crippen LogP contribution < -0.4 is 0 Å². The van der Waals surface area contributed by atoms with E-state index in [2.05, 4.69) is 32.7 Å². The molecule has 1 heterocycles. The summed E-state index contributed by atoms with van der Waals surface area (Å²) in [6, 6.07) is 5.49. The number of carbonyl (C=O) groups is 1. The van der Waals surface area contributed by atoms with E-state index in [4.69, 9.17) is 0 Å². The first-order valence-corrected chi connectivity index (χ1v) is 7.21. The summed E-state index contributed by atoms with van der Waals surface area (Å²) in [4.78, 5) is 18.5. The topological polar surface area (TPSA) is 33.2 Å².